The highest BCUT2D eigenvalue weighted by molar-refractivity contribution is 6.30. The Bertz CT molecular complexity index is 590. The molecule has 1 aromatic carbocycles. The van der Waals surface area contributed by atoms with Crippen molar-refractivity contribution < 1.29 is 9.59 Å². The van der Waals surface area contributed by atoms with Crippen LogP contribution in [0.15, 0.2) is 24.3 Å². The first-order chi connectivity index (χ1) is 11.5. The predicted octanol–water partition coefficient (Wildman–Crippen LogP) is 3.40. The Kier molecular flexibility index (Phi) is 5.44. The summed E-state index contributed by atoms with van der Waals surface area (Å²) in [5.74, 6) is 0.616. The fourth-order valence-electron chi connectivity index (χ4n) is 3.94. The first-order valence-electron chi connectivity index (χ1n) is 8.86. The normalized spacial score (nSPS) is 24.9. The summed E-state index contributed by atoms with van der Waals surface area (Å²) in [6.45, 7) is 1.48. The second kappa shape index (κ2) is 7.56. The molecule has 0 bridgehead atoms. The largest absolute Gasteiger partial charge is 0.352 e. The Labute approximate surface area is 148 Å². The zero-order valence-corrected chi connectivity index (χ0v) is 14.8. The van der Waals surface area contributed by atoms with Gasteiger partial charge >= 0.3 is 0 Å². The fourth-order valence-corrected chi connectivity index (χ4v) is 4.07. The van der Waals surface area contributed by atoms with E-state index in [0.717, 1.165) is 43.5 Å². The quantitative estimate of drug-likeness (QED) is 0.856. The minimum atomic E-state index is -0.375. The number of rotatable bonds is 5. The molecule has 2 amide bonds. The van der Waals surface area contributed by atoms with Gasteiger partial charge in [0.05, 0.1) is 0 Å². The maximum absolute atomic E-state index is 12.6. The number of carbonyl (C=O) groups is 2. The topological polar surface area (TPSA) is 58.2 Å². The van der Waals surface area contributed by atoms with Crippen LogP contribution in [0.4, 0.5) is 0 Å². The van der Waals surface area contributed by atoms with Crippen molar-refractivity contribution in [2.45, 2.75) is 63.5 Å². The average molecular weight is 349 g/mol. The lowest BCUT2D eigenvalue weighted by Crippen LogP contribution is -2.54. The van der Waals surface area contributed by atoms with Gasteiger partial charge in [-0.25, -0.2) is 0 Å². The van der Waals surface area contributed by atoms with Gasteiger partial charge in [0.1, 0.15) is 6.04 Å². The minimum Gasteiger partial charge on any atom is -0.352 e. The van der Waals surface area contributed by atoms with Crippen LogP contribution in [0, 0.1) is 5.92 Å². The molecule has 0 saturated heterocycles. The van der Waals surface area contributed by atoms with Gasteiger partial charge in [0, 0.05) is 18.0 Å². The summed E-state index contributed by atoms with van der Waals surface area (Å²) < 4.78 is 0. The zero-order chi connectivity index (χ0) is 17.1. The van der Waals surface area contributed by atoms with Gasteiger partial charge < -0.3 is 10.6 Å². The van der Waals surface area contributed by atoms with Gasteiger partial charge in [-0.1, -0.05) is 36.6 Å². The minimum absolute atomic E-state index is 0.0170. The predicted molar refractivity (Wildman–Crippen MR) is 94.9 cm³/mol. The van der Waals surface area contributed by atoms with E-state index in [2.05, 4.69) is 22.8 Å². The van der Waals surface area contributed by atoms with Crippen molar-refractivity contribution in [3.8, 4) is 0 Å². The number of halogens is 1. The van der Waals surface area contributed by atoms with Gasteiger partial charge in [0.25, 0.3) is 0 Å². The Morgan fingerprint density at radius 3 is 2.33 bits per heavy atom. The molecule has 1 unspecified atom stereocenters. The van der Waals surface area contributed by atoms with Crippen molar-refractivity contribution in [1.82, 2.24) is 10.6 Å². The van der Waals surface area contributed by atoms with Crippen LogP contribution in [0.3, 0.4) is 0 Å². The SMILES string of the molecule is CC(=O)NC(C(=O)NC1CC(c2ccc(Cl)cc2)C1)C1CCCC1. The highest BCUT2D eigenvalue weighted by Gasteiger charge is 2.36. The molecule has 24 heavy (non-hydrogen) atoms. The summed E-state index contributed by atoms with van der Waals surface area (Å²) in [4.78, 5) is 24.1. The maximum atomic E-state index is 12.6. The highest BCUT2D eigenvalue weighted by atomic mass is 35.5. The second-order valence-electron chi connectivity index (χ2n) is 7.15. The van der Waals surface area contributed by atoms with E-state index in [1.807, 2.05) is 12.1 Å². The Balaban J connectivity index is 1.52. The lowest BCUT2D eigenvalue weighted by atomic mass is 9.75. The summed E-state index contributed by atoms with van der Waals surface area (Å²) in [5, 5.41) is 6.74. The maximum Gasteiger partial charge on any atom is 0.243 e. The Hall–Kier alpha value is -1.55. The summed E-state index contributed by atoms with van der Waals surface area (Å²) >= 11 is 5.92. The molecule has 0 aliphatic heterocycles. The van der Waals surface area contributed by atoms with Crippen molar-refractivity contribution >= 4 is 23.4 Å². The number of carbonyl (C=O) groups excluding carboxylic acids is 2. The third kappa shape index (κ3) is 4.10. The van der Waals surface area contributed by atoms with E-state index in [-0.39, 0.29) is 29.8 Å². The first kappa shape index (κ1) is 17.3. The molecule has 2 N–H and O–H groups in total. The van der Waals surface area contributed by atoms with Crippen molar-refractivity contribution in [3.05, 3.63) is 34.9 Å². The van der Waals surface area contributed by atoms with Crippen molar-refractivity contribution in [2.24, 2.45) is 5.92 Å². The van der Waals surface area contributed by atoms with Crippen LogP contribution in [0.1, 0.15) is 56.9 Å². The summed E-state index contributed by atoms with van der Waals surface area (Å²) in [5.41, 5.74) is 1.28. The standard InChI is InChI=1S/C19H25ClN2O2/c1-12(23)21-18(14-4-2-3-5-14)19(24)22-17-10-15(11-17)13-6-8-16(20)9-7-13/h6-9,14-15,17-18H,2-5,10-11H2,1H3,(H,21,23)(H,22,24). The fraction of sp³-hybridized carbons (Fsp3) is 0.579. The van der Waals surface area contributed by atoms with Gasteiger partial charge in [-0.3, -0.25) is 9.59 Å². The van der Waals surface area contributed by atoms with Crippen LogP contribution in [0.5, 0.6) is 0 Å². The van der Waals surface area contributed by atoms with Crippen LogP contribution in [0.2, 0.25) is 5.02 Å². The molecule has 130 valence electrons. The Morgan fingerprint density at radius 1 is 1.12 bits per heavy atom. The number of amides is 2. The van der Waals surface area contributed by atoms with Gasteiger partial charge in [-0.05, 0) is 55.2 Å². The first-order valence-corrected chi connectivity index (χ1v) is 9.23. The Morgan fingerprint density at radius 2 is 1.75 bits per heavy atom. The van der Waals surface area contributed by atoms with Crippen molar-refractivity contribution in [3.63, 3.8) is 0 Å². The van der Waals surface area contributed by atoms with E-state index in [1.54, 1.807) is 0 Å². The van der Waals surface area contributed by atoms with Crippen LogP contribution in [-0.4, -0.2) is 23.9 Å². The summed E-state index contributed by atoms with van der Waals surface area (Å²) in [6, 6.07) is 7.77. The van der Waals surface area contributed by atoms with E-state index < -0.39 is 0 Å². The van der Waals surface area contributed by atoms with Crippen LogP contribution in [-0.2, 0) is 9.59 Å². The van der Waals surface area contributed by atoms with Crippen LogP contribution in [0.25, 0.3) is 0 Å². The summed E-state index contributed by atoms with van der Waals surface area (Å²) in [7, 11) is 0. The average Bonchev–Trinajstić information content (AvgIpc) is 3.03. The molecule has 4 nitrogen and oxygen atoms in total. The van der Waals surface area contributed by atoms with Crippen LogP contribution >= 0.6 is 11.6 Å². The van der Waals surface area contributed by atoms with Crippen LogP contribution < -0.4 is 10.6 Å². The van der Waals surface area contributed by atoms with E-state index >= 15 is 0 Å². The highest BCUT2D eigenvalue weighted by Crippen LogP contribution is 2.37. The van der Waals surface area contributed by atoms with Crippen molar-refractivity contribution in [1.29, 1.82) is 0 Å². The molecule has 0 aromatic heterocycles. The lowest BCUT2D eigenvalue weighted by molar-refractivity contribution is -0.130. The smallest absolute Gasteiger partial charge is 0.243 e. The monoisotopic (exact) mass is 348 g/mol. The molecule has 2 saturated carbocycles. The molecule has 0 spiro atoms. The molecule has 2 aliphatic carbocycles. The third-order valence-corrected chi connectivity index (χ3v) is 5.59. The number of benzene rings is 1. The van der Waals surface area contributed by atoms with E-state index in [0.29, 0.717) is 5.92 Å². The van der Waals surface area contributed by atoms with E-state index in [9.17, 15) is 9.59 Å². The zero-order valence-electron chi connectivity index (χ0n) is 14.1. The van der Waals surface area contributed by atoms with Gasteiger partial charge in [-0.15, -0.1) is 0 Å². The molecule has 0 heterocycles. The van der Waals surface area contributed by atoms with Gasteiger partial charge in [-0.2, -0.15) is 0 Å². The second-order valence-corrected chi connectivity index (χ2v) is 7.58. The molecule has 1 aromatic rings. The number of nitrogens with one attached hydrogen (secondary N) is 2. The van der Waals surface area contributed by atoms with Gasteiger partial charge in [0.2, 0.25) is 11.8 Å². The third-order valence-electron chi connectivity index (χ3n) is 5.34. The molecule has 5 heteroatoms. The van der Waals surface area contributed by atoms with E-state index in [1.165, 1.54) is 12.5 Å². The van der Waals surface area contributed by atoms with Crippen molar-refractivity contribution in [2.75, 3.05) is 0 Å². The molecular formula is C19H25ClN2O2. The molecule has 1 atom stereocenters. The van der Waals surface area contributed by atoms with E-state index in [4.69, 9.17) is 11.6 Å². The van der Waals surface area contributed by atoms with Gasteiger partial charge in [0.15, 0.2) is 0 Å². The molecule has 3 rings (SSSR count). The molecule has 2 aliphatic rings. The lowest BCUT2D eigenvalue weighted by Gasteiger charge is -2.37. The number of hydrogen-bond donors (Lipinski definition) is 2. The number of hydrogen-bond acceptors (Lipinski definition) is 2. The molecule has 2 fully saturated rings. The molecule has 0 radical (unpaired) electrons. The summed E-state index contributed by atoms with van der Waals surface area (Å²) in [6.07, 6.45) is 6.24. The molecular weight excluding hydrogens is 324 g/mol.